The quantitative estimate of drug-likeness (QED) is 0.776. The van der Waals surface area contributed by atoms with Crippen molar-refractivity contribution in [1.29, 1.82) is 0 Å². The summed E-state index contributed by atoms with van der Waals surface area (Å²) in [5.74, 6) is 1.38. The van der Waals surface area contributed by atoms with Crippen LogP contribution in [0.4, 0.5) is 4.79 Å². The van der Waals surface area contributed by atoms with Crippen molar-refractivity contribution in [3.05, 3.63) is 58.6 Å². The van der Waals surface area contributed by atoms with Crippen LogP contribution in [0, 0.1) is 0 Å². The maximum Gasteiger partial charge on any atom is 0.315 e. The van der Waals surface area contributed by atoms with Gasteiger partial charge in [-0.25, -0.2) is 4.79 Å². The highest BCUT2D eigenvalue weighted by atomic mass is 35.5. The molecule has 2 amide bonds. The molecule has 2 aromatic carbocycles. The first-order chi connectivity index (χ1) is 11.6. The molecule has 1 aliphatic rings. The zero-order valence-electron chi connectivity index (χ0n) is 12.8. The van der Waals surface area contributed by atoms with Crippen LogP contribution in [-0.2, 0) is 6.54 Å². The van der Waals surface area contributed by atoms with Crippen LogP contribution in [0.1, 0.15) is 17.2 Å². The molecule has 0 aromatic heterocycles. The van der Waals surface area contributed by atoms with Gasteiger partial charge in [0.2, 0.25) is 6.79 Å². The number of hydrogen-bond donors (Lipinski definition) is 3. The van der Waals surface area contributed by atoms with Gasteiger partial charge >= 0.3 is 6.03 Å². The molecule has 3 rings (SSSR count). The van der Waals surface area contributed by atoms with E-state index in [1.807, 2.05) is 18.2 Å². The van der Waals surface area contributed by atoms with E-state index in [2.05, 4.69) is 10.6 Å². The monoisotopic (exact) mass is 348 g/mol. The van der Waals surface area contributed by atoms with E-state index in [0.717, 1.165) is 5.56 Å². The summed E-state index contributed by atoms with van der Waals surface area (Å²) >= 11 is 5.80. The van der Waals surface area contributed by atoms with E-state index >= 15 is 0 Å². The Labute approximate surface area is 144 Å². The summed E-state index contributed by atoms with van der Waals surface area (Å²) in [6, 6.07) is 12.0. The smallest absolute Gasteiger partial charge is 0.315 e. The number of benzene rings is 2. The van der Waals surface area contributed by atoms with Crippen LogP contribution in [0.5, 0.6) is 11.5 Å². The SMILES string of the molecule is O=C(NCc1ccc2c(c1)OCO2)NC[C@@H](O)c1ccc(Cl)cc1. The second-order valence-electron chi connectivity index (χ2n) is 5.32. The van der Waals surface area contributed by atoms with Crippen LogP contribution in [0.3, 0.4) is 0 Å². The average molecular weight is 349 g/mol. The third kappa shape index (κ3) is 4.10. The topological polar surface area (TPSA) is 79.8 Å². The van der Waals surface area contributed by atoms with Crippen molar-refractivity contribution < 1.29 is 19.4 Å². The number of ether oxygens (including phenoxy) is 2. The standard InChI is InChI=1S/C17H17ClN2O4/c18-13-4-2-12(3-5-13)14(21)9-20-17(22)19-8-11-1-6-15-16(7-11)24-10-23-15/h1-7,14,21H,8-10H2,(H2,19,20,22)/t14-/m1/s1. The van der Waals surface area contributed by atoms with E-state index in [9.17, 15) is 9.90 Å². The molecule has 0 saturated heterocycles. The zero-order valence-corrected chi connectivity index (χ0v) is 13.5. The molecule has 0 spiro atoms. The fraction of sp³-hybridized carbons (Fsp3) is 0.235. The fourth-order valence-corrected chi connectivity index (χ4v) is 2.41. The summed E-state index contributed by atoms with van der Waals surface area (Å²) in [6.07, 6.45) is -0.793. The van der Waals surface area contributed by atoms with Crippen molar-refractivity contribution in [3.63, 3.8) is 0 Å². The summed E-state index contributed by atoms with van der Waals surface area (Å²) in [5.41, 5.74) is 1.59. The predicted octanol–water partition coefficient (Wildman–Crippen LogP) is 2.60. The van der Waals surface area contributed by atoms with Gasteiger partial charge in [0.25, 0.3) is 0 Å². The number of urea groups is 1. The molecular formula is C17H17ClN2O4. The average Bonchev–Trinajstić information content (AvgIpc) is 3.06. The first-order valence-electron chi connectivity index (χ1n) is 7.45. The minimum Gasteiger partial charge on any atom is -0.454 e. The van der Waals surface area contributed by atoms with E-state index in [1.54, 1.807) is 24.3 Å². The molecule has 0 unspecified atom stereocenters. The third-order valence-electron chi connectivity index (χ3n) is 3.60. The Morgan fingerprint density at radius 2 is 1.88 bits per heavy atom. The second kappa shape index (κ2) is 7.42. The van der Waals surface area contributed by atoms with E-state index in [4.69, 9.17) is 21.1 Å². The number of nitrogens with one attached hydrogen (secondary N) is 2. The van der Waals surface area contributed by atoms with Crippen molar-refractivity contribution in [2.45, 2.75) is 12.6 Å². The molecular weight excluding hydrogens is 332 g/mol. The molecule has 1 aliphatic heterocycles. The summed E-state index contributed by atoms with van der Waals surface area (Å²) in [4.78, 5) is 11.8. The van der Waals surface area contributed by atoms with Crippen LogP contribution in [0.2, 0.25) is 5.02 Å². The van der Waals surface area contributed by atoms with Gasteiger partial charge in [0, 0.05) is 18.1 Å². The van der Waals surface area contributed by atoms with E-state index in [1.165, 1.54) is 0 Å². The number of halogens is 1. The number of fused-ring (bicyclic) bond motifs is 1. The first-order valence-corrected chi connectivity index (χ1v) is 7.83. The first kappa shape index (κ1) is 16.4. The molecule has 7 heteroatoms. The van der Waals surface area contributed by atoms with Gasteiger partial charge in [0.05, 0.1) is 6.10 Å². The van der Waals surface area contributed by atoms with Crippen LogP contribution in [-0.4, -0.2) is 24.5 Å². The molecule has 126 valence electrons. The Balaban J connectivity index is 1.45. The number of aliphatic hydroxyl groups is 1. The highest BCUT2D eigenvalue weighted by Gasteiger charge is 2.14. The highest BCUT2D eigenvalue weighted by molar-refractivity contribution is 6.30. The maximum atomic E-state index is 11.8. The highest BCUT2D eigenvalue weighted by Crippen LogP contribution is 2.32. The number of amides is 2. The lowest BCUT2D eigenvalue weighted by Gasteiger charge is -2.13. The van der Waals surface area contributed by atoms with Gasteiger partial charge in [-0.15, -0.1) is 0 Å². The maximum absolute atomic E-state index is 11.8. The molecule has 0 aliphatic carbocycles. The molecule has 1 atom stereocenters. The van der Waals surface area contributed by atoms with Gasteiger partial charge in [-0.2, -0.15) is 0 Å². The number of aliphatic hydroxyl groups excluding tert-OH is 1. The van der Waals surface area contributed by atoms with Gasteiger partial charge in [-0.3, -0.25) is 0 Å². The summed E-state index contributed by atoms with van der Waals surface area (Å²) in [5, 5.41) is 16.0. The van der Waals surface area contributed by atoms with Crippen LogP contribution in [0.15, 0.2) is 42.5 Å². The van der Waals surface area contributed by atoms with Gasteiger partial charge < -0.3 is 25.2 Å². The predicted molar refractivity (Wildman–Crippen MR) is 89.2 cm³/mol. The zero-order chi connectivity index (χ0) is 16.9. The Bertz CT molecular complexity index is 721. The third-order valence-corrected chi connectivity index (χ3v) is 3.85. The molecule has 24 heavy (non-hydrogen) atoms. The lowest BCUT2D eigenvalue weighted by Crippen LogP contribution is -2.37. The van der Waals surface area contributed by atoms with Gasteiger partial charge in [-0.1, -0.05) is 29.8 Å². The molecule has 1 heterocycles. The minimum absolute atomic E-state index is 0.106. The molecule has 2 aromatic rings. The summed E-state index contributed by atoms with van der Waals surface area (Å²) in [6.45, 7) is 0.670. The number of carbonyl (C=O) groups is 1. The van der Waals surface area contributed by atoms with Crippen molar-refractivity contribution >= 4 is 17.6 Å². The number of carbonyl (C=O) groups excluding carboxylic acids is 1. The Kier molecular flexibility index (Phi) is 5.08. The molecule has 0 saturated carbocycles. The van der Waals surface area contributed by atoms with Crippen molar-refractivity contribution in [2.24, 2.45) is 0 Å². The van der Waals surface area contributed by atoms with Crippen LogP contribution < -0.4 is 20.1 Å². The molecule has 0 fully saturated rings. The fourth-order valence-electron chi connectivity index (χ4n) is 2.29. The molecule has 0 bridgehead atoms. The second-order valence-corrected chi connectivity index (χ2v) is 5.75. The molecule has 6 nitrogen and oxygen atoms in total. The van der Waals surface area contributed by atoms with Crippen molar-refractivity contribution in [1.82, 2.24) is 10.6 Å². The number of rotatable bonds is 5. The number of hydrogen-bond acceptors (Lipinski definition) is 4. The van der Waals surface area contributed by atoms with Crippen LogP contribution in [0.25, 0.3) is 0 Å². The van der Waals surface area contributed by atoms with E-state index in [-0.39, 0.29) is 19.4 Å². The van der Waals surface area contributed by atoms with E-state index in [0.29, 0.717) is 28.6 Å². The van der Waals surface area contributed by atoms with Gasteiger partial charge in [-0.05, 0) is 35.4 Å². The van der Waals surface area contributed by atoms with Crippen molar-refractivity contribution in [3.8, 4) is 11.5 Å². The minimum atomic E-state index is -0.793. The lowest BCUT2D eigenvalue weighted by atomic mass is 10.1. The Morgan fingerprint density at radius 1 is 1.12 bits per heavy atom. The van der Waals surface area contributed by atoms with Gasteiger partial charge in [0.1, 0.15) is 0 Å². The Hall–Kier alpha value is -2.44. The molecule has 3 N–H and O–H groups in total. The normalized spacial score (nSPS) is 13.4. The molecule has 0 radical (unpaired) electrons. The van der Waals surface area contributed by atoms with E-state index < -0.39 is 6.10 Å². The van der Waals surface area contributed by atoms with Gasteiger partial charge in [0.15, 0.2) is 11.5 Å². The summed E-state index contributed by atoms with van der Waals surface area (Å²) in [7, 11) is 0. The lowest BCUT2D eigenvalue weighted by molar-refractivity contribution is 0.173. The largest absolute Gasteiger partial charge is 0.454 e. The summed E-state index contributed by atoms with van der Waals surface area (Å²) < 4.78 is 10.5. The van der Waals surface area contributed by atoms with Crippen molar-refractivity contribution in [2.75, 3.05) is 13.3 Å². The Morgan fingerprint density at radius 3 is 2.67 bits per heavy atom. The van der Waals surface area contributed by atoms with Crippen LogP contribution >= 0.6 is 11.6 Å².